The fourth-order valence-electron chi connectivity index (χ4n) is 1.66. The minimum atomic E-state index is -0.904. The molecule has 0 saturated carbocycles. The summed E-state index contributed by atoms with van der Waals surface area (Å²) < 4.78 is 4.93. The van der Waals surface area contributed by atoms with Crippen molar-refractivity contribution in [1.29, 1.82) is 0 Å². The number of carboxylic acids is 1. The van der Waals surface area contributed by atoms with Crippen molar-refractivity contribution in [3.63, 3.8) is 0 Å². The van der Waals surface area contributed by atoms with Crippen LogP contribution in [-0.2, 0) is 4.79 Å². The standard InChI is InChI=1S/C12H18N2O4/c1-7(2)4-9(12(16)17)5-13-11(15)10-8(3)14-6-18-10/h6-7,9H,4-5H2,1-3H3,(H,13,15)(H,16,17). The van der Waals surface area contributed by atoms with Gasteiger partial charge in [0.25, 0.3) is 5.91 Å². The van der Waals surface area contributed by atoms with E-state index in [1.54, 1.807) is 6.92 Å². The number of aromatic nitrogens is 1. The van der Waals surface area contributed by atoms with Crippen LogP contribution in [-0.4, -0.2) is 28.5 Å². The number of carbonyl (C=O) groups excluding carboxylic acids is 1. The van der Waals surface area contributed by atoms with E-state index in [-0.39, 0.29) is 18.2 Å². The molecule has 2 N–H and O–H groups in total. The molecule has 1 aromatic heterocycles. The molecule has 0 aliphatic carbocycles. The third-order valence-corrected chi connectivity index (χ3v) is 2.57. The Balaban J connectivity index is 2.55. The molecule has 0 saturated heterocycles. The number of amides is 1. The van der Waals surface area contributed by atoms with Gasteiger partial charge in [-0.15, -0.1) is 0 Å². The summed E-state index contributed by atoms with van der Waals surface area (Å²) in [6, 6.07) is 0. The Bertz CT molecular complexity index is 425. The first-order chi connectivity index (χ1) is 8.41. The first-order valence-electron chi connectivity index (χ1n) is 5.83. The number of carboxylic acid groups (broad SMARTS) is 1. The maximum absolute atomic E-state index is 11.7. The van der Waals surface area contributed by atoms with Gasteiger partial charge in [-0.3, -0.25) is 9.59 Å². The number of hydrogen-bond acceptors (Lipinski definition) is 4. The molecule has 0 aliphatic heterocycles. The van der Waals surface area contributed by atoms with Crippen LogP contribution in [0.1, 0.15) is 36.5 Å². The van der Waals surface area contributed by atoms with Gasteiger partial charge in [0, 0.05) is 6.54 Å². The number of nitrogens with zero attached hydrogens (tertiary/aromatic N) is 1. The summed E-state index contributed by atoms with van der Waals surface area (Å²) >= 11 is 0. The Kier molecular flexibility index (Phi) is 4.88. The zero-order valence-corrected chi connectivity index (χ0v) is 10.8. The average Bonchev–Trinajstić information content (AvgIpc) is 2.69. The molecule has 1 atom stereocenters. The average molecular weight is 254 g/mol. The number of oxazole rings is 1. The highest BCUT2D eigenvalue weighted by Crippen LogP contribution is 2.12. The molecule has 1 aromatic rings. The van der Waals surface area contributed by atoms with Gasteiger partial charge in [-0.25, -0.2) is 4.98 Å². The van der Waals surface area contributed by atoms with Crippen LogP contribution in [0.5, 0.6) is 0 Å². The van der Waals surface area contributed by atoms with Crippen LogP contribution in [0.15, 0.2) is 10.8 Å². The van der Waals surface area contributed by atoms with E-state index in [4.69, 9.17) is 9.52 Å². The second kappa shape index (κ2) is 6.18. The first kappa shape index (κ1) is 14.2. The molecule has 100 valence electrons. The Morgan fingerprint density at radius 1 is 1.50 bits per heavy atom. The summed E-state index contributed by atoms with van der Waals surface area (Å²) in [6.45, 7) is 5.63. The van der Waals surface area contributed by atoms with Gasteiger partial charge in [-0.05, 0) is 19.3 Å². The summed E-state index contributed by atoms with van der Waals surface area (Å²) in [5, 5.41) is 11.6. The molecule has 0 fully saturated rings. The van der Waals surface area contributed by atoms with Gasteiger partial charge in [0.15, 0.2) is 6.39 Å². The lowest BCUT2D eigenvalue weighted by Gasteiger charge is -2.14. The third-order valence-electron chi connectivity index (χ3n) is 2.57. The lowest BCUT2D eigenvalue weighted by Crippen LogP contribution is -2.33. The summed E-state index contributed by atoms with van der Waals surface area (Å²) in [6.07, 6.45) is 1.71. The molecule has 18 heavy (non-hydrogen) atoms. The third kappa shape index (κ3) is 3.87. The fourth-order valence-corrected chi connectivity index (χ4v) is 1.66. The van der Waals surface area contributed by atoms with Crippen molar-refractivity contribution in [3.8, 4) is 0 Å². The predicted molar refractivity (Wildman–Crippen MR) is 64.2 cm³/mol. The van der Waals surface area contributed by atoms with E-state index in [0.717, 1.165) is 0 Å². The quantitative estimate of drug-likeness (QED) is 0.801. The monoisotopic (exact) mass is 254 g/mol. The highest BCUT2D eigenvalue weighted by atomic mass is 16.4. The molecular formula is C12H18N2O4. The van der Waals surface area contributed by atoms with Crippen LogP contribution in [0, 0.1) is 18.8 Å². The van der Waals surface area contributed by atoms with Gasteiger partial charge < -0.3 is 14.8 Å². The summed E-state index contributed by atoms with van der Waals surface area (Å²) in [7, 11) is 0. The summed E-state index contributed by atoms with van der Waals surface area (Å²) in [4.78, 5) is 26.5. The van der Waals surface area contributed by atoms with Crippen molar-refractivity contribution >= 4 is 11.9 Å². The maximum Gasteiger partial charge on any atom is 0.308 e. The normalized spacial score (nSPS) is 12.4. The molecule has 0 aromatic carbocycles. The van der Waals surface area contributed by atoms with Gasteiger partial charge in [0.1, 0.15) is 0 Å². The predicted octanol–water partition coefficient (Wildman–Crippen LogP) is 1.46. The highest BCUT2D eigenvalue weighted by Gasteiger charge is 2.21. The summed E-state index contributed by atoms with van der Waals surface area (Å²) in [5.74, 6) is -1.53. The first-order valence-corrected chi connectivity index (χ1v) is 5.83. The number of carbonyl (C=O) groups is 2. The van der Waals surface area contributed by atoms with Crippen molar-refractivity contribution in [2.24, 2.45) is 11.8 Å². The van der Waals surface area contributed by atoms with Crippen molar-refractivity contribution in [2.45, 2.75) is 27.2 Å². The van der Waals surface area contributed by atoms with Gasteiger partial charge in [0.05, 0.1) is 11.6 Å². The Morgan fingerprint density at radius 2 is 2.17 bits per heavy atom. The molecule has 6 nitrogen and oxygen atoms in total. The summed E-state index contributed by atoms with van der Waals surface area (Å²) in [5.41, 5.74) is 0.489. The molecule has 1 rings (SSSR count). The van der Waals surface area contributed by atoms with E-state index in [2.05, 4.69) is 10.3 Å². The molecule has 1 amide bonds. The smallest absolute Gasteiger partial charge is 0.308 e. The van der Waals surface area contributed by atoms with Gasteiger partial charge in [-0.2, -0.15) is 0 Å². The maximum atomic E-state index is 11.7. The van der Waals surface area contributed by atoms with Gasteiger partial charge >= 0.3 is 5.97 Å². The largest absolute Gasteiger partial charge is 0.481 e. The molecule has 0 radical (unpaired) electrons. The number of aryl methyl sites for hydroxylation is 1. The Hall–Kier alpha value is -1.85. The van der Waals surface area contributed by atoms with Crippen molar-refractivity contribution in [1.82, 2.24) is 10.3 Å². The molecular weight excluding hydrogens is 236 g/mol. The number of nitrogens with one attached hydrogen (secondary N) is 1. The number of rotatable bonds is 6. The molecule has 1 unspecified atom stereocenters. The lowest BCUT2D eigenvalue weighted by atomic mass is 9.97. The van der Waals surface area contributed by atoms with Crippen LogP contribution < -0.4 is 5.32 Å². The lowest BCUT2D eigenvalue weighted by molar-refractivity contribution is -0.142. The molecule has 1 heterocycles. The minimum absolute atomic E-state index is 0.0898. The van der Waals surface area contributed by atoms with Crippen LogP contribution in [0.4, 0.5) is 0 Å². The van der Waals surface area contributed by atoms with E-state index in [1.165, 1.54) is 6.39 Å². The minimum Gasteiger partial charge on any atom is -0.481 e. The molecule has 0 spiro atoms. The zero-order valence-electron chi connectivity index (χ0n) is 10.8. The van der Waals surface area contributed by atoms with E-state index in [1.807, 2.05) is 13.8 Å². The van der Waals surface area contributed by atoms with E-state index in [0.29, 0.717) is 12.1 Å². The van der Waals surface area contributed by atoms with E-state index in [9.17, 15) is 9.59 Å². The van der Waals surface area contributed by atoms with Crippen LogP contribution in [0.25, 0.3) is 0 Å². The molecule has 0 bridgehead atoms. The SMILES string of the molecule is Cc1ncoc1C(=O)NCC(CC(C)C)C(=O)O. The highest BCUT2D eigenvalue weighted by molar-refractivity contribution is 5.92. The van der Waals surface area contributed by atoms with Crippen molar-refractivity contribution in [3.05, 3.63) is 17.8 Å². The molecule has 6 heteroatoms. The number of aliphatic carboxylic acids is 1. The second-order valence-corrected chi connectivity index (χ2v) is 4.64. The second-order valence-electron chi connectivity index (χ2n) is 4.64. The van der Waals surface area contributed by atoms with Crippen LogP contribution in [0.3, 0.4) is 0 Å². The van der Waals surface area contributed by atoms with Crippen molar-refractivity contribution < 1.29 is 19.1 Å². The topological polar surface area (TPSA) is 92.4 Å². The van der Waals surface area contributed by atoms with Gasteiger partial charge in [-0.1, -0.05) is 13.8 Å². The van der Waals surface area contributed by atoms with Crippen molar-refractivity contribution in [2.75, 3.05) is 6.54 Å². The number of hydrogen-bond donors (Lipinski definition) is 2. The molecule has 0 aliphatic rings. The van der Waals surface area contributed by atoms with Crippen LogP contribution in [0.2, 0.25) is 0 Å². The van der Waals surface area contributed by atoms with Crippen LogP contribution >= 0.6 is 0 Å². The van der Waals surface area contributed by atoms with E-state index < -0.39 is 17.8 Å². The Morgan fingerprint density at radius 3 is 2.61 bits per heavy atom. The zero-order chi connectivity index (χ0) is 13.7. The fraction of sp³-hybridized carbons (Fsp3) is 0.583. The van der Waals surface area contributed by atoms with Gasteiger partial charge in [0.2, 0.25) is 5.76 Å². The Labute approximate surface area is 105 Å². The van der Waals surface area contributed by atoms with E-state index >= 15 is 0 Å².